The molecule has 0 saturated carbocycles. The van der Waals surface area contributed by atoms with Gasteiger partial charge in [-0.1, -0.05) is 12.7 Å². The molecule has 0 saturated heterocycles. The van der Waals surface area contributed by atoms with E-state index in [9.17, 15) is 4.79 Å². The van der Waals surface area contributed by atoms with E-state index in [1.807, 2.05) is 10.8 Å². The molecule has 0 aliphatic carbocycles. The fourth-order valence-electron chi connectivity index (χ4n) is 0.578. The van der Waals surface area contributed by atoms with Crippen molar-refractivity contribution < 1.29 is 4.79 Å². The first-order chi connectivity index (χ1) is 4.38. The second kappa shape index (κ2) is 2.60. The van der Waals surface area contributed by atoms with Gasteiger partial charge >= 0.3 is 0 Å². The minimum absolute atomic E-state index is 0.731. The van der Waals surface area contributed by atoms with Crippen molar-refractivity contribution >= 4 is 23.7 Å². The predicted octanol–water partition coefficient (Wildman–Crippen LogP) is 2.20. The summed E-state index contributed by atoms with van der Waals surface area (Å²) in [6, 6.07) is 0. The summed E-state index contributed by atoms with van der Waals surface area (Å²) in [6.45, 7) is 3.56. The fourth-order valence-corrected chi connectivity index (χ4v) is 1.36. The van der Waals surface area contributed by atoms with Crippen molar-refractivity contribution in [2.45, 2.75) is 0 Å². The van der Waals surface area contributed by atoms with Crippen molar-refractivity contribution in [1.82, 2.24) is 0 Å². The molecule has 0 amide bonds. The maximum absolute atomic E-state index is 10.2. The quantitative estimate of drug-likeness (QED) is 0.572. The SMILES string of the molecule is C=Cc1cscc1C=O. The molecule has 1 nitrogen and oxygen atoms in total. The van der Waals surface area contributed by atoms with Crippen LogP contribution in [0.2, 0.25) is 0 Å². The number of aldehydes is 1. The molecule has 0 aliphatic rings. The normalized spacial score (nSPS) is 8.89. The van der Waals surface area contributed by atoms with Gasteiger partial charge in [0.05, 0.1) is 0 Å². The van der Waals surface area contributed by atoms with Gasteiger partial charge in [0, 0.05) is 10.9 Å². The van der Waals surface area contributed by atoms with Gasteiger partial charge in [-0.25, -0.2) is 0 Å². The Morgan fingerprint density at radius 1 is 1.44 bits per heavy atom. The fraction of sp³-hybridized carbons (Fsp3) is 0. The molecule has 0 bridgehead atoms. The number of rotatable bonds is 2. The van der Waals surface area contributed by atoms with Gasteiger partial charge < -0.3 is 0 Å². The van der Waals surface area contributed by atoms with E-state index >= 15 is 0 Å². The number of hydrogen-bond acceptors (Lipinski definition) is 2. The zero-order valence-corrected chi connectivity index (χ0v) is 5.65. The molecule has 0 unspecified atom stereocenters. The molecule has 0 atom stereocenters. The van der Waals surface area contributed by atoms with Crippen molar-refractivity contribution in [3.63, 3.8) is 0 Å². The van der Waals surface area contributed by atoms with Crippen LogP contribution in [0.4, 0.5) is 0 Å². The summed E-state index contributed by atoms with van der Waals surface area (Å²) in [7, 11) is 0. The summed E-state index contributed by atoms with van der Waals surface area (Å²) in [6.07, 6.45) is 2.52. The van der Waals surface area contributed by atoms with Gasteiger partial charge in [0.2, 0.25) is 0 Å². The van der Waals surface area contributed by atoms with Gasteiger partial charge in [-0.15, -0.1) is 0 Å². The van der Waals surface area contributed by atoms with Crippen LogP contribution in [0.5, 0.6) is 0 Å². The number of carbonyl (C=O) groups excluding carboxylic acids is 1. The van der Waals surface area contributed by atoms with E-state index in [2.05, 4.69) is 6.58 Å². The molecule has 9 heavy (non-hydrogen) atoms. The van der Waals surface area contributed by atoms with Crippen LogP contribution >= 0.6 is 11.3 Å². The standard InChI is InChI=1S/C7H6OS/c1-2-6-4-9-5-7(6)3-8/h2-5H,1H2. The maximum atomic E-state index is 10.2. The van der Waals surface area contributed by atoms with E-state index in [0.717, 1.165) is 17.4 Å². The minimum Gasteiger partial charge on any atom is -0.298 e. The van der Waals surface area contributed by atoms with E-state index in [1.54, 1.807) is 6.08 Å². The van der Waals surface area contributed by atoms with Gasteiger partial charge in [-0.2, -0.15) is 11.3 Å². The van der Waals surface area contributed by atoms with Crippen LogP contribution < -0.4 is 0 Å². The van der Waals surface area contributed by atoms with Crippen LogP contribution in [0.15, 0.2) is 17.3 Å². The van der Waals surface area contributed by atoms with Crippen LogP contribution in [-0.2, 0) is 0 Å². The second-order valence-electron chi connectivity index (χ2n) is 1.60. The molecule has 0 N–H and O–H groups in total. The Bertz CT molecular complexity index is 202. The molecule has 0 spiro atoms. The summed E-state index contributed by atoms with van der Waals surface area (Å²) in [4.78, 5) is 10.2. The molecule has 2 heteroatoms. The highest BCUT2D eigenvalue weighted by atomic mass is 32.1. The topological polar surface area (TPSA) is 17.1 Å². The summed E-state index contributed by atoms with van der Waals surface area (Å²) >= 11 is 1.51. The Balaban J connectivity index is 3.12. The third-order valence-electron chi connectivity index (χ3n) is 1.07. The average molecular weight is 138 g/mol. The van der Waals surface area contributed by atoms with Gasteiger partial charge in [0.15, 0.2) is 6.29 Å². The predicted molar refractivity (Wildman–Crippen MR) is 39.8 cm³/mol. The Labute approximate surface area is 57.6 Å². The summed E-state index contributed by atoms with van der Waals surface area (Å²) < 4.78 is 0. The third-order valence-corrected chi connectivity index (χ3v) is 1.85. The molecule has 0 fully saturated rings. The third kappa shape index (κ3) is 1.08. The Kier molecular flexibility index (Phi) is 1.80. The number of hydrogen-bond donors (Lipinski definition) is 0. The molecule has 46 valence electrons. The van der Waals surface area contributed by atoms with Crippen molar-refractivity contribution in [3.05, 3.63) is 28.5 Å². The van der Waals surface area contributed by atoms with E-state index in [0.29, 0.717) is 0 Å². The lowest BCUT2D eigenvalue weighted by Crippen LogP contribution is -1.74. The molecule has 1 aromatic rings. The zero-order chi connectivity index (χ0) is 6.69. The molecule has 1 rings (SSSR count). The van der Waals surface area contributed by atoms with E-state index in [-0.39, 0.29) is 0 Å². The average Bonchev–Trinajstić information content (AvgIpc) is 2.33. The van der Waals surface area contributed by atoms with Gasteiger partial charge in [0.1, 0.15) is 0 Å². The van der Waals surface area contributed by atoms with Crippen molar-refractivity contribution in [2.24, 2.45) is 0 Å². The molecule has 0 radical (unpaired) electrons. The largest absolute Gasteiger partial charge is 0.298 e. The van der Waals surface area contributed by atoms with Crippen LogP contribution in [0.25, 0.3) is 6.08 Å². The highest BCUT2D eigenvalue weighted by molar-refractivity contribution is 7.08. The highest BCUT2D eigenvalue weighted by Gasteiger charge is 1.95. The van der Waals surface area contributed by atoms with Gasteiger partial charge in [-0.3, -0.25) is 4.79 Å². The van der Waals surface area contributed by atoms with Crippen LogP contribution in [-0.4, -0.2) is 6.29 Å². The van der Waals surface area contributed by atoms with Gasteiger partial charge in [-0.05, 0) is 10.9 Å². The lowest BCUT2D eigenvalue weighted by molar-refractivity contribution is 0.112. The van der Waals surface area contributed by atoms with Crippen molar-refractivity contribution in [1.29, 1.82) is 0 Å². The molecular weight excluding hydrogens is 132 g/mol. The lowest BCUT2D eigenvalue weighted by Gasteiger charge is -1.82. The number of carbonyl (C=O) groups is 1. The zero-order valence-electron chi connectivity index (χ0n) is 4.83. The molecular formula is C7H6OS. The first kappa shape index (κ1) is 6.23. The Hall–Kier alpha value is -0.890. The monoisotopic (exact) mass is 138 g/mol. The second-order valence-corrected chi connectivity index (χ2v) is 2.35. The van der Waals surface area contributed by atoms with Crippen molar-refractivity contribution in [2.75, 3.05) is 0 Å². The van der Waals surface area contributed by atoms with Crippen LogP contribution in [0.1, 0.15) is 15.9 Å². The summed E-state index contributed by atoms with van der Waals surface area (Å²) in [5, 5.41) is 3.71. The van der Waals surface area contributed by atoms with Crippen LogP contribution in [0, 0.1) is 0 Å². The highest BCUT2D eigenvalue weighted by Crippen LogP contribution is 2.13. The van der Waals surface area contributed by atoms with Gasteiger partial charge in [0.25, 0.3) is 0 Å². The molecule has 0 aliphatic heterocycles. The van der Waals surface area contributed by atoms with E-state index < -0.39 is 0 Å². The summed E-state index contributed by atoms with van der Waals surface area (Å²) in [5.41, 5.74) is 1.66. The van der Waals surface area contributed by atoms with Crippen LogP contribution in [0.3, 0.4) is 0 Å². The summed E-state index contributed by atoms with van der Waals surface area (Å²) in [5.74, 6) is 0. The smallest absolute Gasteiger partial charge is 0.151 e. The van der Waals surface area contributed by atoms with Crippen molar-refractivity contribution in [3.8, 4) is 0 Å². The lowest BCUT2D eigenvalue weighted by atomic mass is 10.2. The molecule has 0 aromatic carbocycles. The Morgan fingerprint density at radius 2 is 2.11 bits per heavy atom. The molecule has 1 heterocycles. The molecule has 1 aromatic heterocycles. The maximum Gasteiger partial charge on any atom is 0.151 e. The first-order valence-electron chi connectivity index (χ1n) is 2.52. The van der Waals surface area contributed by atoms with E-state index in [4.69, 9.17) is 0 Å². The first-order valence-corrected chi connectivity index (χ1v) is 3.46. The number of thiophene rings is 1. The Morgan fingerprint density at radius 3 is 2.56 bits per heavy atom. The minimum atomic E-state index is 0.731. The van der Waals surface area contributed by atoms with E-state index in [1.165, 1.54) is 11.3 Å².